The molecule has 1 aromatic carbocycles. The minimum atomic E-state index is -0.855. The van der Waals surface area contributed by atoms with E-state index >= 15 is 0 Å². The molecule has 1 atom stereocenters. The third-order valence-electron chi connectivity index (χ3n) is 3.96. The molecule has 1 amide bonds. The minimum Gasteiger partial charge on any atom is -0.386 e. The summed E-state index contributed by atoms with van der Waals surface area (Å²) in [5, 5.41) is 31.1. The van der Waals surface area contributed by atoms with Crippen molar-refractivity contribution in [2.75, 3.05) is 11.9 Å². The number of nitro benzene ring substituents is 1. The minimum absolute atomic E-state index is 0.0835. The van der Waals surface area contributed by atoms with Crippen LogP contribution in [0.2, 0.25) is 0 Å². The number of aromatic nitrogens is 2. The molecule has 3 rings (SSSR count). The molecule has 1 fully saturated rings. The van der Waals surface area contributed by atoms with Crippen LogP contribution in [0.25, 0.3) is 0 Å². The Kier molecular flexibility index (Phi) is 4.66. The van der Waals surface area contributed by atoms with Crippen LogP contribution in [0.1, 0.15) is 34.9 Å². The van der Waals surface area contributed by atoms with Crippen molar-refractivity contribution in [2.45, 2.75) is 25.0 Å². The van der Waals surface area contributed by atoms with Crippen molar-refractivity contribution in [1.29, 1.82) is 0 Å². The van der Waals surface area contributed by atoms with Crippen LogP contribution in [-0.2, 0) is 7.05 Å². The number of aliphatic hydroxyl groups excluding tert-OH is 1. The highest BCUT2D eigenvalue weighted by atomic mass is 16.6. The van der Waals surface area contributed by atoms with Crippen molar-refractivity contribution in [3.63, 3.8) is 0 Å². The van der Waals surface area contributed by atoms with Gasteiger partial charge in [-0.15, -0.1) is 0 Å². The number of nitrogens with one attached hydrogen (secondary N) is 2. The molecule has 9 nitrogen and oxygen atoms in total. The van der Waals surface area contributed by atoms with Crippen LogP contribution >= 0.6 is 0 Å². The molecule has 1 saturated carbocycles. The quantitative estimate of drug-likeness (QED) is 0.514. The standard InChI is InChI=1S/C16H19N5O4/c1-20-9-11(7-18-20)15(22)8-17-13-5-2-10(6-14(13)21(24)25)16(23)19-12-3-4-12/h2,5-7,9,12,15,17,22H,3-4,8H2,1H3,(H,19,23). The Hall–Kier alpha value is -2.94. The maximum absolute atomic E-state index is 12.0. The molecule has 0 aliphatic heterocycles. The van der Waals surface area contributed by atoms with Crippen LogP contribution in [0.15, 0.2) is 30.6 Å². The first-order valence-electron chi connectivity index (χ1n) is 7.94. The number of nitrogens with zero attached hydrogens (tertiary/aromatic N) is 3. The van der Waals surface area contributed by atoms with E-state index in [-0.39, 0.29) is 35.4 Å². The van der Waals surface area contributed by atoms with Gasteiger partial charge in [-0.3, -0.25) is 19.6 Å². The molecule has 0 saturated heterocycles. The number of anilines is 1. The number of rotatable bonds is 7. The molecule has 2 aromatic rings. The number of hydrogen-bond donors (Lipinski definition) is 3. The Morgan fingerprint density at radius 3 is 2.88 bits per heavy atom. The summed E-state index contributed by atoms with van der Waals surface area (Å²) in [5.74, 6) is -0.312. The van der Waals surface area contributed by atoms with Gasteiger partial charge in [0.2, 0.25) is 0 Å². The van der Waals surface area contributed by atoms with Crippen molar-refractivity contribution in [2.24, 2.45) is 7.05 Å². The van der Waals surface area contributed by atoms with Gasteiger partial charge in [-0.1, -0.05) is 0 Å². The number of aliphatic hydroxyl groups is 1. The van der Waals surface area contributed by atoms with E-state index in [1.807, 2.05) is 0 Å². The lowest BCUT2D eigenvalue weighted by molar-refractivity contribution is -0.384. The zero-order valence-electron chi connectivity index (χ0n) is 13.7. The lowest BCUT2D eigenvalue weighted by Gasteiger charge is -2.12. The number of benzene rings is 1. The maximum Gasteiger partial charge on any atom is 0.293 e. The van der Waals surface area contributed by atoms with Crippen LogP contribution in [0.3, 0.4) is 0 Å². The van der Waals surface area contributed by atoms with E-state index in [1.54, 1.807) is 17.9 Å². The van der Waals surface area contributed by atoms with Gasteiger partial charge in [0.1, 0.15) is 5.69 Å². The summed E-state index contributed by atoms with van der Waals surface area (Å²) in [7, 11) is 1.74. The highest BCUT2D eigenvalue weighted by Gasteiger charge is 2.25. The van der Waals surface area contributed by atoms with Gasteiger partial charge in [0.05, 0.1) is 17.2 Å². The molecule has 25 heavy (non-hydrogen) atoms. The van der Waals surface area contributed by atoms with Crippen molar-refractivity contribution in [3.05, 3.63) is 51.8 Å². The zero-order chi connectivity index (χ0) is 18.0. The van der Waals surface area contributed by atoms with E-state index in [0.717, 1.165) is 12.8 Å². The predicted molar refractivity (Wildman–Crippen MR) is 90.2 cm³/mol. The summed E-state index contributed by atoms with van der Waals surface area (Å²) in [6, 6.07) is 4.44. The molecule has 1 aliphatic rings. The van der Waals surface area contributed by atoms with Crippen molar-refractivity contribution >= 4 is 17.3 Å². The molecular formula is C16H19N5O4. The lowest BCUT2D eigenvalue weighted by atomic mass is 10.1. The molecule has 0 spiro atoms. The van der Waals surface area contributed by atoms with Gasteiger partial charge in [-0.05, 0) is 25.0 Å². The topological polar surface area (TPSA) is 122 Å². The summed E-state index contributed by atoms with van der Waals surface area (Å²) >= 11 is 0. The second-order valence-corrected chi connectivity index (χ2v) is 6.08. The molecular weight excluding hydrogens is 326 g/mol. The summed E-state index contributed by atoms with van der Waals surface area (Å²) in [5.41, 5.74) is 0.896. The third-order valence-corrected chi connectivity index (χ3v) is 3.96. The van der Waals surface area contributed by atoms with Crippen molar-refractivity contribution in [1.82, 2.24) is 15.1 Å². The number of carbonyl (C=O) groups excluding carboxylic acids is 1. The van der Waals surface area contributed by atoms with Gasteiger partial charge in [0.25, 0.3) is 11.6 Å². The number of aryl methyl sites for hydroxylation is 1. The van der Waals surface area contributed by atoms with Gasteiger partial charge in [-0.2, -0.15) is 5.10 Å². The molecule has 132 valence electrons. The fourth-order valence-corrected chi connectivity index (χ4v) is 2.41. The fraction of sp³-hybridized carbons (Fsp3) is 0.375. The SMILES string of the molecule is Cn1cc(C(O)CNc2ccc(C(=O)NC3CC3)cc2[N+](=O)[O-])cn1. The summed E-state index contributed by atoms with van der Waals surface area (Å²) < 4.78 is 1.56. The van der Waals surface area contributed by atoms with Gasteiger partial charge in [0.15, 0.2) is 0 Å². The Morgan fingerprint density at radius 1 is 1.52 bits per heavy atom. The van der Waals surface area contributed by atoms with E-state index in [9.17, 15) is 20.0 Å². The number of carbonyl (C=O) groups is 1. The van der Waals surface area contributed by atoms with E-state index in [4.69, 9.17) is 0 Å². The highest BCUT2D eigenvalue weighted by molar-refractivity contribution is 5.96. The number of amides is 1. The molecule has 0 bridgehead atoms. The molecule has 1 heterocycles. The average Bonchev–Trinajstić information content (AvgIpc) is 3.29. The monoisotopic (exact) mass is 345 g/mol. The molecule has 9 heteroatoms. The average molecular weight is 345 g/mol. The smallest absolute Gasteiger partial charge is 0.293 e. The van der Waals surface area contributed by atoms with Crippen LogP contribution in [0.5, 0.6) is 0 Å². The van der Waals surface area contributed by atoms with Crippen LogP contribution in [0.4, 0.5) is 11.4 Å². The largest absolute Gasteiger partial charge is 0.386 e. The van der Waals surface area contributed by atoms with Crippen molar-refractivity contribution < 1.29 is 14.8 Å². The van der Waals surface area contributed by atoms with Crippen LogP contribution < -0.4 is 10.6 Å². The van der Waals surface area contributed by atoms with Gasteiger partial charge in [-0.25, -0.2) is 0 Å². The Labute approximate surface area is 143 Å². The molecule has 0 radical (unpaired) electrons. The Bertz CT molecular complexity index is 800. The lowest BCUT2D eigenvalue weighted by Crippen LogP contribution is -2.25. The fourth-order valence-electron chi connectivity index (χ4n) is 2.41. The number of hydrogen-bond acceptors (Lipinski definition) is 6. The third kappa shape index (κ3) is 4.13. The normalized spacial score (nSPS) is 14.8. The van der Waals surface area contributed by atoms with E-state index in [0.29, 0.717) is 5.56 Å². The number of nitro groups is 1. The zero-order valence-corrected chi connectivity index (χ0v) is 13.7. The Morgan fingerprint density at radius 2 is 2.28 bits per heavy atom. The first-order chi connectivity index (χ1) is 11.9. The molecule has 1 unspecified atom stereocenters. The van der Waals surface area contributed by atoms with Gasteiger partial charge < -0.3 is 15.7 Å². The molecule has 1 aliphatic carbocycles. The van der Waals surface area contributed by atoms with E-state index in [2.05, 4.69) is 15.7 Å². The van der Waals surface area contributed by atoms with E-state index < -0.39 is 11.0 Å². The van der Waals surface area contributed by atoms with Crippen LogP contribution in [-0.4, -0.2) is 38.3 Å². The first kappa shape index (κ1) is 16.9. The second kappa shape index (κ2) is 6.89. The predicted octanol–water partition coefficient (Wildman–Crippen LogP) is 1.37. The Balaban J connectivity index is 1.71. The first-order valence-corrected chi connectivity index (χ1v) is 7.94. The van der Waals surface area contributed by atoms with Crippen LogP contribution in [0, 0.1) is 10.1 Å². The summed E-state index contributed by atoms with van der Waals surface area (Å²) in [6.07, 6.45) is 4.24. The van der Waals surface area contributed by atoms with E-state index in [1.165, 1.54) is 24.4 Å². The second-order valence-electron chi connectivity index (χ2n) is 6.08. The highest BCUT2D eigenvalue weighted by Crippen LogP contribution is 2.27. The van der Waals surface area contributed by atoms with Gasteiger partial charge in [0, 0.05) is 43.0 Å². The van der Waals surface area contributed by atoms with Gasteiger partial charge >= 0.3 is 0 Å². The summed E-state index contributed by atoms with van der Waals surface area (Å²) in [4.78, 5) is 22.8. The summed E-state index contributed by atoms with van der Waals surface area (Å²) in [6.45, 7) is 0.0835. The van der Waals surface area contributed by atoms with Crippen molar-refractivity contribution in [3.8, 4) is 0 Å². The maximum atomic E-state index is 12.0. The molecule has 1 aromatic heterocycles. The molecule has 3 N–H and O–H groups in total.